The van der Waals surface area contributed by atoms with Crippen molar-refractivity contribution in [3.8, 4) is 5.75 Å². The minimum Gasteiger partial charge on any atom is -0.491 e. The van der Waals surface area contributed by atoms with Gasteiger partial charge in [-0.3, -0.25) is 4.79 Å². The van der Waals surface area contributed by atoms with Crippen molar-refractivity contribution in [1.29, 1.82) is 0 Å². The maximum atomic E-state index is 14.1. The Morgan fingerprint density at radius 1 is 1.15 bits per heavy atom. The summed E-state index contributed by atoms with van der Waals surface area (Å²) in [5.74, 6) is 2.40. The highest BCUT2D eigenvalue weighted by atomic mass is 35.5. The first-order valence-electron chi connectivity index (χ1n) is 14.0. The summed E-state index contributed by atoms with van der Waals surface area (Å²) in [4.78, 5) is 25.4. The molecule has 206 valence electrons. The van der Waals surface area contributed by atoms with E-state index in [4.69, 9.17) is 32.2 Å². The summed E-state index contributed by atoms with van der Waals surface area (Å²) in [5.41, 5.74) is 8.16. The number of anilines is 2. The van der Waals surface area contributed by atoms with E-state index in [2.05, 4.69) is 28.2 Å². The topological polar surface area (TPSA) is 104 Å². The summed E-state index contributed by atoms with van der Waals surface area (Å²) in [7, 11) is 2.10. The van der Waals surface area contributed by atoms with Gasteiger partial charge < -0.3 is 30.5 Å². The Labute approximate surface area is 233 Å². The maximum absolute atomic E-state index is 14.1. The van der Waals surface area contributed by atoms with Crippen LogP contribution in [0.1, 0.15) is 54.2 Å². The minimum absolute atomic E-state index is 0.0697. The van der Waals surface area contributed by atoms with E-state index in [1.54, 1.807) is 12.1 Å². The Morgan fingerprint density at radius 3 is 2.79 bits per heavy atom. The van der Waals surface area contributed by atoms with Crippen molar-refractivity contribution in [2.45, 2.75) is 49.7 Å². The van der Waals surface area contributed by atoms with Crippen LogP contribution in [-0.2, 0) is 0 Å². The van der Waals surface area contributed by atoms with Gasteiger partial charge in [-0.2, -0.15) is 9.61 Å². The zero-order valence-electron chi connectivity index (χ0n) is 22.3. The Kier molecular flexibility index (Phi) is 6.09. The first-order chi connectivity index (χ1) is 18.9. The number of nitrogens with two attached hydrogens (primary N) is 1. The fraction of sp³-hybridized carbons (Fsp3) is 0.536. The van der Waals surface area contributed by atoms with Gasteiger partial charge in [-0.15, -0.1) is 0 Å². The van der Waals surface area contributed by atoms with E-state index in [1.807, 2.05) is 21.5 Å². The molecule has 2 bridgehead atoms. The number of piperidine rings is 1. The van der Waals surface area contributed by atoms with Gasteiger partial charge in [0.2, 0.25) is 0 Å². The highest BCUT2D eigenvalue weighted by Crippen LogP contribution is 2.38. The van der Waals surface area contributed by atoms with Gasteiger partial charge in [-0.05, 0) is 50.3 Å². The van der Waals surface area contributed by atoms with Crippen LogP contribution in [0.25, 0.3) is 5.65 Å². The van der Waals surface area contributed by atoms with Crippen LogP contribution in [0.5, 0.6) is 5.75 Å². The average molecular weight is 551 g/mol. The fourth-order valence-electron chi connectivity index (χ4n) is 6.03. The van der Waals surface area contributed by atoms with Crippen molar-refractivity contribution in [2.24, 2.45) is 5.73 Å². The lowest BCUT2D eigenvalue weighted by Gasteiger charge is -2.38. The quantitative estimate of drug-likeness (QED) is 0.477. The molecule has 0 radical (unpaired) electrons. The summed E-state index contributed by atoms with van der Waals surface area (Å²) in [6, 6.07) is 9.54. The number of carbonyl (C=O) groups excluding carboxylic acids is 1. The second-order valence-electron chi connectivity index (χ2n) is 11.5. The number of hydrogen-bond acceptors (Lipinski definition) is 8. The second kappa shape index (κ2) is 9.53. The molecule has 39 heavy (non-hydrogen) atoms. The number of nitrogens with zero attached hydrogens (tertiary/aromatic N) is 6. The molecule has 1 aliphatic carbocycles. The molecule has 3 fully saturated rings. The Balaban J connectivity index is 1.33. The van der Waals surface area contributed by atoms with Crippen LogP contribution in [0.3, 0.4) is 0 Å². The number of nitrogens with one attached hydrogen (secondary N) is 1. The largest absolute Gasteiger partial charge is 0.491 e. The molecule has 2 saturated heterocycles. The molecule has 1 saturated carbocycles. The Bertz CT molecular complexity index is 1420. The van der Waals surface area contributed by atoms with Crippen LogP contribution in [-0.4, -0.2) is 83.4 Å². The molecule has 3 aliphatic heterocycles. The molecule has 2 aromatic heterocycles. The number of amides is 1. The molecule has 11 heteroatoms. The molecule has 3 N–H and O–H groups in total. The molecular formula is C28H35ClN8O2. The smallest absolute Gasteiger partial charge is 0.258 e. The Morgan fingerprint density at radius 2 is 2.00 bits per heavy atom. The lowest BCUT2D eigenvalue weighted by Crippen LogP contribution is -2.56. The lowest BCUT2D eigenvalue weighted by molar-refractivity contribution is 0.0600. The summed E-state index contributed by atoms with van der Waals surface area (Å²) in [6.45, 7) is 4.36. The van der Waals surface area contributed by atoms with E-state index in [0.717, 1.165) is 81.3 Å². The van der Waals surface area contributed by atoms with Gasteiger partial charge in [0.15, 0.2) is 5.65 Å². The molecule has 1 unspecified atom stereocenters. The number of likely N-dealkylation sites (N-methyl/N-ethyl adjacent to an activating group) is 1. The third kappa shape index (κ3) is 4.58. The molecule has 4 aliphatic rings. The normalized spacial score (nSPS) is 23.5. The molecule has 5 heterocycles. The standard InChI is InChI=1S/C28H35ClN8O2/c1-34-11-9-31-28(7-8-28)17-39-23-6-5-18(29)12-20(23)27(38)36-10-3-2-4-22(36)21-13-25-32-24(35-15-19(30)16-35)14-26(34)37(25)33-21/h5-6,12-14,19,22,31H,2-4,7-11,15-17,30H2,1H3. The van der Waals surface area contributed by atoms with Gasteiger partial charge >= 0.3 is 0 Å². The molecule has 7 rings (SSSR count). The summed E-state index contributed by atoms with van der Waals surface area (Å²) in [6.07, 6.45) is 4.92. The number of carbonyl (C=O) groups is 1. The van der Waals surface area contributed by atoms with Crippen LogP contribution in [0.15, 0.2) is 30.3 Å². The predicted molar refractivity (Wildman–Crippen MR) is 151 cm³/mol. The number of fused-ring (bicyclic) bond motifs is 4. The van der Waals surface area contributed by atoms with E-state index in [0.29, 0.717) is 29.5 Å². The van der Waals surface area contributed by atoms with Gasteiger partial charge in [-0.1, -0.05) is 11.6 Å². The Hall–Kier alpha value is -3.08. The zero-order valence-corrected chi connectivity index (χ0v) is 23.0. The van der Waals surface area contributed by atoms with Crippen LogP contribution in [0.4, 0.5) is 11.6 Å². The van der Waals surface area contributed by atoms with Gasteiger partial charge in [0, 0.05) is 63.0 Å². The fourth-order valence-corrected chi connectivity index (χ4v) is 6.21. The molecule has 1 atom stereocenters. The molecule has 1 spiro atoms. The van der Waals surface area contributed by atoms with Crippen molar-refractivity contribution < 1.29 is 9.53 Å². The van der Waals surface area contributed by atoms with Crippen LogP contribution >= 0.6 is 11.6 Å². The van der Waals surface area contributed by atoms with E-state index < -0.39 is 0 Å². The van der Waals surface area contributed by atoms with E-state index in [9.17, 15) is 4.79 Å². The zero-order chi connectivity index (χ0) is 26.7. The van der Waals surface area contributed by atoms with Crippen molar-refractivity contribution in [2.75, 3.05) is 56.2 Å². The molecule has 1 aromatic carbocycles. The molecule has 10 nitrogen and oxygen atoms in total. The average Bonchev–Trinajstić information content (AvgIpc) is 3.56. The van der Waals surface area contributed by atoms with Crippen LogP contribution in [0, 0.1) is 0 Å². The molecule has 3 aromatic rings. The highest BCUT2D eigenvalue weighted by molar-refractivity contribution is 6.31. The number of hydrogen-bond donors (Lipinski definition) is 2. The maximum Gasteiger partial charge on any atom is 0.258 e. The van der Waals surface area contributed by atoms with Crippen molar-refractivity contribution >= 4 is 34.8 Å². The number of aromatic nitrogens is 3. The number of benzene rings is 1. The monoisotopic (exact) mass is 550 g/mol. The van der Waals surface area contributed by atoms with Gasteiger partial charge in [0.25, 0.3) is 5.91 Å². The number of rotatable bonds is 1. The highest BCUT2D eigenvalue weighted by Gasteiger charge is 2.43. The van der Waals surface area contributed by atoms with Crippen molar-refractivity contribution in [3.63, 3.8) is 0 Å². The van der Waals surface area contributed by atoms with E-state index in [-0.39, 0.29) is 23.5 Å². The SMILES string of the molecule is CN1CCNC2(CC2)COc2ccc(Cl)cc2C(=O)N2CCCCC2c2cc3nc(N4CC(N)C4)cc1n3n2. The van der Waals surface area contributed by atoms with E-state index in [1.165, 1.54) is 0 Å². The number of halogens is 1. The predicted octanol–water partition coefficient (Wildman–Crippen LogP) is 2.85. The van der Waals surface area contributed by atoms with Gasteiger partial charge in [-0.25, -0.2) is 4.98 Å². The second-order valence-corrected chi connectivity index (χ2v) is 12.0. The third-order valence-corrected chi connectivity index (χ3v) is 8.86. The van der Waals surface area contributed by atoms with Gasteiger partial charge in [0.1, 0.15) is 24.0 Å². The van der Waals surface area contributed by atoms with Crippen molar-refractivity contribution in [1.82, 2.24) is 24.8 Å². The number of ether oxygens (including phenoxy) is 1. The van der Waals surface area contributed by atoms with Gasteiger partial charge in [0.05, 0.1) is 22.8 Å². The van der Waals surface area contributed by atoms with Crippen molar-refractivity contribution in [3.05, 3.63) is 46.6 Å². The third-order valence-electron chi connectivity index (χ3n) is 8.62. The summed E-state index contributed by atoms with van der Waals surface area (Å²) >= 11 is 6.38. The minimum atomic E-state index is -0.150. The molecule has 1 amide bonds. The first-order valence-corrected chi connectivity index (χ1v) is 14.4. The summed E-state index contributed by atoms with van der Waals surface area (Å²) < 4.78 is 8.25. The van der Waals surface area contributed by atoms with E-state index >= 15 is 0 Å². The van der Waals surface area contributed by atoms with Crippen LogP contribution in [0.2, 0.25) is 5.02 Å². The first kappa shape index (κ1) is 24.9. The van der Waals surface area contributed by atoms with Crippen LogP contribution < -0.4 is 25.6 Å². The summed E-state index contributed by atoms with van der Waals surface area (Å²) in [5, 5.41) is 9.31. The lowest BCUT2D eigenvalue weighted by atomic mass is 9.98. The molecular weight excluding hydrogens is 516 g/mol.